The van der Waals surface area contributed by atoms with E-state index in [2.05, 4.69) is 0 Å². The summed E-state index contributed by atoms with van der Waals surface area (Å²) < 4.78 is 5.36. The summed E-state index contributed by atoms with van der Waals surface area (Å²) in [5.74, 6) is -0.511. The zero-order valence-electron chi connectivity index (χ0n) is 9.83. The first-order chi connectivity index (χ1) is 8.70. The van der Waals surface area contributed by atoms with Crippen LogP contribution in [-0.2, 0) is 20.9 Å². The van der Waals surface area contributed by atoms with Crippen molar-refractivity contribution in [3.05, 3.63) is 29.8 Å². The molecule has 2 amide bonds. The van der Waals surface area contributed by atoms with Crippen LogP contribution in [0.25, 0.3) is 0 Å². The number of nitrogens with two attached hydrogens (primary N) is 1. The molecule has 1 aromatic carbocycles. The molecule has 0 radical (unpaired) electrons. The highest BCUT2D eigenvalue weighted by Gasteiger charge is 2.46. The SMILES string of the molecule is NCc1ccc(N2C(=O)C3CCC(O3)C2=O)cc1. The molecule has 0 saturated carbocycles. The van der Waals surface area contributed by atoms with Gasteiger partial charge in [0.05, 0.1) is 5.69 Å². The molecule has 3 rings (SSSR count). The maximum atomic E-state index is 12.1. The van der Waals surface area contributed by atoms with Crippen molar-refractivity contribution < 1.29 is 14.3 Å². The van der Waals surface area contributed by atoms with E-state index in [4.69, 9.17) is 10.5 Å². The molecule has 2 unspecified atom stereocenters. The van der Waals surface area contributed by atoms with Gasteiger partial charge in [-0.25, -0.2) is 4.90 Å². The number of ether oxygens (including phenoxy) is 1. The number of carbonyl (C=O) groups excluding carboxylic acids is 2. The number of hydrogen-bond acceptors (Lipinski definition) is 4. The normalized spacial score (nSPS) is 26.8. The Morgan fingerprint density at radius 1 is 1.11 bits per heavy atom. The van der Waals surface area contributed by atoms with Gasteiger partial charge in [-0.15, -0.1) is 0 Å². The minimum absolute atomic E-state index is 0.255. The number of anilines is 1. The first kappa shape index (κ1) is 11.4. The minimum Gasteiger partial charge on any atom is -0.355 e. The number of hydrogen-bond donors (Lipinski definition) is 1. The third-order valence-electron chi connectivity index (χ3n) is 3.44. The van der Waals surface area contributed by atoms with Crippen LogP contribution in [0.3, 0.4) is 0 Å². The summed E-state index contributed by atoms with van der Waals surface area (Å²) in [6.45, 7) is 0.441. The maximum Gasteiger partial charge on any atom is 0.262 e. The van der Waals surface area contributed by atoms with E-state index in [0.717, 1.165) is 5.56 Å². The lowest BCUT2D eigenvalue weighted by molar-refractivity contribution is -0.146. The molecule has 5 heteroatoms. The lowest BCUT2D eigenvalue weighted by Crippen LogP contribution is -2.52. The number of imide groups is 1. The Hall–Kier alpha value is -1.72. The van der Waals surface area contributed by atoms with Crippen LogP contribution in [-0.4, -0.2) is 24.0 Å². The molecule has 1 aromatic rings. The van der Waals surface area contributed by atoms with Crippen LogP contribution in [0, 0.1) is 0 Å². The smallest absolute Gasteiger partial charge is 0.262 e. The Morgan fingerprint density at radius 3 is 2.17 bits per heavy atom. The van der Waals surface area contributed by atoms with Gasteiger partial charge in [-0.3, -0.25) is 9.59 Å². The Balaban J connectivity index is 1.94. The lowest BCUT2D eigenvalue weighted by Gasteiger charge is -2.29. The number of amides is 2. The third-order valence-corrected chi connectivity index (χ3v) is 3.44. The van der Waals surface area contributed by atoms with Crippen molar-refractivity contribution in [3.63, 3.8) is 0 Å². The molecule has 2 bridgehead atoms. The first-order valence-corrected chi connectivity index (χ1v) is 6.03. The second-order valence-corrected chi connectivity index (χ2v) is 4.57. The van der Waals surface area contributed by atoms with E-state index >= 15 is 0 Å². The van der Waals surface area contributed by atoms with Gasteiger partial charge in [-0.2, -0.15) is 0 Å². The van der Waals surface area contributed by atoms with Crippen LogP contribution in [0.2, 0.25) is 0 Å². The summed E-state index contributed by atoms with van der Waals surface area (Å²) in [6, 6.07) is 7.16. The van der Waals surface area contributed by atoms with Crippen LogP contribution in [0.5, 0.6) is 0 Å². The fraction of sp³-hybridized carbons (Fsp3) is 0.385. The maximum absolute atomic E-state index is 12.1. The molecule has 0 aromatic heterocycles. The number of rotatable bonds is 2. The average Bonchev–Trinajstić information content (AvgIpc) is 2.85. The van der Waals surface area contributed by atoms with Crippen LogP contribution < -0.4 is 10.6 Å². The molecular formula is C13H14N2O3. The Labute approximate surface area is 105 Å². The van der Waals surface area contributed by atoms with Gasteiger partial charge in [0.1, 0.15) is 12.2 Å². The van der Waals surface area contributed by atoms with Gasteiger partial charge in [-0.1, -0.05) is 12.1 Å². The number of benzene rings is 1. The van der Waals surface area contributed by atoms with Crippen LogP contribution in [0.4, 0.5) is 5.69 Å². The average molecular weight is 246 g/mol. The predicted molar refractivity (Wildman–Crippen MR) is 64.7 cm³/mol. The van der Waals surface area contributed by atoms with Gasteiger partial charge in [-0.05, 0) is 30.5 Å². The third kappa shape index (κ3) is 1.63. The fourth-order valence-electron chi connectivity index (χ4n) is 2.43. The van der Waals surface area contributed by atoms with Crippen LogP contribution in [0.15, 0.2) is 24.3 Å². The van der Waals surface area contributed by atoms with Crippen molar-refractivity contribution in [2.75, 3.05) is 4.90 Å². The van der Waals surface area contributed by atoms with Crippen molar-refractivity contribution in [1.29, 1.82) is 0 Å². The molecule has 18 heavy (non-hydrogen) atoms. The molecule has 2 aliphatic heterocycles. The van der Waals surface area contributed by atoms with Crippen molar-refractivity contribution >= 4 is 17.5 Å². The predicted octanol–water partition coefficient (Wildman–Crippen LogP) is 0.566. The van der Waals surface area contributed by atoms with Crippen LogP contribution >= 0.6 is 0 Å². The fourth-order valence-corrected chi connectivity index (χ4v) is 2.43. The quantitative estimate of drug-likeness (QED) is 0.774. The van der Waals surface area contributed by atoms with Gasteiger partial charge in [0, 0.05) is 6.54 Å². The molecule has 2 saturated heterocycles. The van der Waals surface area contributed by atoms with Crippen molar-refractivity contribution in [2.45, 2.75) is 31.6 Å². The zero-order valence-corrected chi connectivity index (χ0v) is 9.83. The van der Waals surface area contributed by atoms with Crippen molar-refractivity contribution in [2.24, 2.45) is 5.73 Å². The molecule has 2 aliphatic rings. The summed E-state index contributed by atoms with van der Waals surface area (Å²) in [5, 5.41) is 0. The molecule has 2 heterocycles. The highest BCUT2D eigenvalue weighted by atomic mass is 16.5. The van der Waals surface area contributed by atoms with Gasteiger partial charge in [0.15, 0.2) is 0 Å². The molecule has 5 nitrogen and oxygen atoms in total. The Kier molecular flexibility index (Phi) is 2.65. The van der Waals surface area contributed by atoms with E-state index in [0.29, 0.717) is 25.1 Å². The summed E-state index contributed by atoms with van der Waals surface area (Å²) in [6.07, 6.45) is 0.350. The Morgan fingerprint density at radius 2 is 1.67 bits per heavy atom. The summed E-state index contributed by atoms with van der Waals surface area (Å²) in [4.78, 5) is 25.5. The standard InChI is InChI=1S/C13H14N2O3/c14-7-8-1-3-9(4-2-8)15-12(16)10-5-6-11(18-10)13(15)17/h1-4,10-11H,5-7,14H2. The van der Waals surface area contributed by atoms with Gasteiger partial charge in [0.2, 0.25) is 0 Å². The van der Waals surface area contributed by atoms with Crippen molar-refractivity contribution in [3.8, 4) is 0 Å². The lowest BCUT2D eigenvalue weighted by atomic mass is 10.1. The van der Waals surface area contributed by atoms with Gasteiger partial charge < -0.3 is 10.5 Å². The second kappa shape index (κ2) is 4.19. The largest absolute Gasteiger partial charge is 0.355 e. The number of fused-ring (bicyclic) bond motifs is 2. The van der Waals surface area contributed by atoms with Gasteiger partial charge >= 0.3 is 0 Å². The molecule has 0 aliphatic carbocycles. The van der Waals surface area contributed by atoms with E-state index in [-0.39, 0.29) is 11.8 Å². The first-order valence-electron chi connectivity index (χ1n) is 6.03. The number of carbonyl (C=O) groups is 2. The van der Waals surface area contributed by atoms with Gasteiger partial charge in [0.25, 0.3) is 11.8 Å². The molecule has 94 valence electrons. The van der Waals surface area contributed by atoms with E-state index in [1.165, 1.54) is 4.90 Å². The molecule has 2 fully saturated rings. The Bertz CT molecular complexity index is 475. The minimum atomic E-state index is -0.457. The van der Waals surface area contributed by atoms with E-state index < -0.39 is 12.2 Å². The highest BCUT2D eigenvalue weighted by Crippen LogP contribution is 2.31. The monoisotopic (exact) mass is 246 g/mol. The summed E-state index contributed by atoms with van der Waals surface area (Å²) in [7, 11) is 0. The molecular weight excluding hydrogens is 232 g/mol. The van der Waals surface area contributed by atoms with E-state index in [1.807, 2.05) is 12.1 Å². The highest BCUT2D eigenvalue weighted by molar-refractivity contribution is 6.19. The topological polar surface area (TPSA) is 72.6 Å². The van der Waals surface area contributed by atoms with Crippen LogP contribution in [0.1, 0.15) is 18.4 Å². The summed E-state index contributed by atoms with van der Waals surface area (Å²) >= 11 is 0. The van der Waals surface area contributed by atoms with E-state index in [9.17, 15) is 9.59 Å². The van der Waals surface area contributed by atoms with Crippen molar-refractivity contribution in [1.82, 2.24) is 0 Å². The molecule has 2 N–H and O–H groups in total. The number of morpholine rings is 1. The van der Waals surface area contributed by atoms with E-state index in [1.54, 1.807) is 12.1 Å². The number of nitrogens with zero attached hydrogens (tertiary/aromatic N) is 1. The zero-order chi connectivity index (χ0) is 12.7. The molecule has 0 spiro atoms. The second-order valence-electron chi connectivity index (χ2n) is 4.57. The summed E-state index contributed by atoms with van der Waals surface area (Å²) in [5.41, 5.74) is 7.09. The molecule has 2 atom stereocenters.